The lowest BCUT2D eigenvalue weighted by Gasteiger charge is -2.29. The number of benzene rings is 4. The van der Waals surface area contributed by atoms with E-state index in [2.05, 4.69) is 113 Å². The molecule has 4 unspecified atom stereocenters. The molecule has 4 aromatic rings. The zero-order valence-corrected chi connectivity index (χ0v) is 64.5. The van der Waals surface area contributed by atoms with Gasteiger partial charge < -0.3 is 39.5 Å². The number of unbranched alkanes of at least 4 members (excludes halogenated alkanes) is 39. The molecule has 4 atom stereocenters. The van der Waals surface area contributed by atoms with E-state index in [1.807, 2.05) is 42.5 Å². The first-order valence-electron chi connectivity index (χ1n) is 41.6. The van der Waals surface area contributed by atoms with Crippen molar-refractivity contribution in [3.05, 3.63) is 144 Å². The van der Waals surface area contributed by atoms with Gasteiger partial charge >= 0.3 is 0 Å². The molecule has 4 N–H and O–H groups in total. The molecule has 0 spiro atoms. The Hall–Kier alpha value is -3.64. The van der Waals surface area contributed by atoms with E-state index in [0.29, 0.717) is 59.5 Å². The van der Waals surface area contributed by atoms with Gasteiger partial charge in [-0.2, -0.15) is 0 Å². The lowest BCUT2D eigenvalue weighted by molar-refractivity contribution is -0.702. The molecular weight excluding hydrogens is 1260 g/mol. The van der Waals surface area contributed by atoms with Crippen LogP contribution >= 0.6 is 0 Å². The first-order chi connectivity index (χ1) is 50.1. The number of hydrogen-bond donors (Lipinski definition) is 3. The molecule has 0 heterocycles. The fourth-order valence-corrected chi connectivity index (χ4v) is 13.1. The maximum absolute atomic E-state index is 7.99. The Morgan fingerprint density at radius 2 is 0.604 bits per heavy atom. The van der Waals surface area contributed by atoms with Gasteiger partial charge in [0.25, 0.3) is 0 Å². The number of hydrogen-bond acceptors (Lipinski definition) is 13. The Kier molecular flexibility index (Phi) is 66.4. The topological polar surface area (TPSA) is 151 Å². The van der Waals surface area contributed by atoms with Gasteiger partial charge in [-0.15, -0.1) is 0 Å². The van der Waals surface area contributed by atoms with Gasteiger partial charge in [-0.25, -0.2) is 10.1 Å². The highest BCUT2D eigenvalue weighted by atomic mass is 17.8. The predicted octanol–water partition coefficient (Wildman–Crippen LogP) is 24.2. The molecule has 13 nitrogen and oxygen atoms in total. The van der Waals surface area contributed by atoms with E-state index < -0.39 is 0 Å². The maximum atomic E-state index is 7.99. The summed E-state index contributed by atoms with van der Waals surface area (Å²) in [4.78, 5) is 4.70. The minimum atomic E-state index is -0.135. The van der Waals surface area contributed by atoms with Crippen LogP contribution in [0.15, 0.2) is 121 Å². The summed E-state index contributed by atoms with van der Waals surface area (Å²) in [6, 6.07) is 41.6. The van der Waals surface area contributed by atoms with Crippen molar-refractivity contribution in [1.29, 1.82) is 0 Å². The first kappa shape index (κ1) is 91.6. The van der Waals surface area contributed by atoms with Gasteiger partial charge in [0.1, 0.15) is 0 Å². The number of nitrogens with two attached hydrogens (primary N) is 1. The molecule has 0 aliphatic heterocycles. The third kappa shape index (κ3) is 59.2. The molecule has 0 aliphatic carbocycles. The summed E-state index contributed by atoms with van der Waals surface area (Å²) in [6.07, 6.45) is 59.7. The van der Waals surface area contributed by atoms with Gasteiger partial charge in [-0.3, -0.25) is 0 Å². The summed E-state index contributed by atoms with van der Waals surface area (Å²) in [7, 11) is 0. The minimum absolute atomic E-state index is 0.0447. The minimum Gasteiger partial charge on any atom is -0.380 e. The lowest BCUT2D eigenvalue weighted by Crippen LogP contribution is -2.45. The van der Waals surface area contributed by atoms with Crippen LogP contribution in [0.5, 0.6) is 0 Å². The van der Waals surface area contributed by atoms with Crippen LogP contribution in [0, 0.1) is 0 Å². The van der Waals surface area contributed by atoms with E-state index in [-0.39, 0.29) is 24.3 Å². The quantitative estimate of drug-likeness (QED) is 0.0219. The highest BCUT2D eigenvalue weighted by molar-refractivity contribution is 5.16. The van der Waals surface area contributed by atoms with Crippen molar-refractivity contribution in [1.82, 2.24) is 5.32 Å². The Morgan fingerprint density at radius 1 is 0.307 bits per heavy atom. The van der Waals surface area contributed by atoms with Crippen LogP contribution in [-0.4, -0.2) is 82.3 Å². The summed E-state index contributed by atoms with van der Waals surface area (Å²) in [5.74, 6) is 0. The van der Waals surface area contributed by atoms with E-state index in [0.717, 1.165) is 77.5 Å². The fraction of sp³-hybridized carbons (Fsp3) is 0.727. The average Bonchev–Trinajstić information content (AvgIpc) is 1.85. The molecule has 13 heteroatoms. The van der Waals surface area contributed by atoms with Crippen LogP contribution in [0.1, 0.15) is 331 Å². The van der Waals surface area contributed by atoms with Crippen LogP contribution < -0.4 is 11.1 Å². The normalized spacial score (nSPS) is 12.8. The summed E-state index contributed by atoms with van der Waals surface area (Å²) in [5, 5.41) is 23.1. The van der Waals surface area contributed by atoms with E-state index in [1.165, 1.54) is 260 Å². The fourth-order valence-electron chi connectivity index (χ4n) is 13.1. The van der Waals surface area contributed by atoms with Crippen molar-refractivity contribution in [3.8, 4) is 0 Å². The van der Waals surface area contributed by atoms with Crippen molar-refractivity contribution < 1.29 is 53.7 Å². The molecule has 0 amide bonds. The zero-order chi connectivity index (χ0) is 71.6. The average molecular weight is 1410 g/mol. The maximum Gasteiger partial charge on any atom is 0.0855 e. The molecule has 0 saturated carbocycles. The molecule has 0 fully saturated rings. The van der Waals surface area contributed by atoms with E-state index in [1.54, 1.807) is 0 Å². The highest BCUT2D eigenvalue weighted by Gasteiger charge is 2.23. The van der Waals surface area contributed by atoms with Gasteiger partial charge in [0.2, 0.25) is 0 Å². The molecule has 578 valence electrons. The van der Waals surface area contributed by atoms with Crippen molar-refractivity contribution in [2.45, 2.75) is 360 Å². The molecule has 4 rings (SSSR count). The summed E-state index contributed by atoms with van der Waals surface area (Å²) < 4.78 is 37.3. The molecule has 101 heavy (non-hydrogen) atoms. The second kappa shape index (κ2) is 73.3. The molecular formula is C88H150N2O11. The van der Waals surface area contributed by atoms with Crippen LogP contribution in [0.25, 0.3) is 0 Å². The van der Waals surface area contributed by atoms with Gasteiger partial charge in [0.15, 0.2) is 0 Å². The van der Waals surface area contributed by atoms with Crippen LogP contribution in [-0.2, 0) is 74.9 Å². The molecule has 0 saturated heterocycles. The summed E-state index contributed by atoms with van der Waals surface area (Å²) in [5.41, 5.74) is 11.4. The summed E-state index contributed by atoms with van der Waals surface area (Å²) in [6.45, 7) is 12.7. The monoisotopic (exact) mass is 1410 g/mol. The van der Waals surface area contributed by atoms with Crippen LogP contribution in [0.3, 0.4) is 0 Å². The standard InChI is InChI=1S/C50H87NO8.C38H63NO3/c1-2-3-4-5-6-7-8-9-10-11-12-14-17-20-23-32-41-54-46-49(51-40-31-22-19-16-13-15-18-21-24-33-43-56-58-59-57-52)50(55-45-48-37-29-26-30-38-48)39-34-42-53-44-47-35-27-25-28-36-47;1-2-3-4-5-6-7-8-9-10-11-12-13-14-15-16-23-30-41-34-37(39)38(42-33-36-27-21-18-22-28-36)29-24-31-40-32-35-25-19-17-20-26-35/h25-30,35-38,49-52H,2-24,31-34,39-46H2,1H3;17-22,25-28,37-38H,2-16,23-24,29-34,39H2,1H3. The van der Waals surface area contributed by atoms with Crippen LogP contribution in [0.2, 0.25) is 0 Å². The number of nitrogens with one attached hydrogen (secondary N) is 1. The number of rotatable bonds is 75. The Balaban J connectivity index is 0.000000556. The van der Waals surface area contributed by atoms with Crippen molar-refractivity contribution in [2.24, 2.45) is 5.73 Å². The second-order valence-corrected chi connectivity index (χ2v) is 28.6. The van der Waals surface area contributed by atoms with Gasteiger partial charge in [-0.05, 0) is 95.3 Å². The van der Waals surface area contributed by atoms with Gasteiger partial charge in [0, 0.05) is 26.4 Å². The summed E-state index contributed by atoms with van der Waals surface area (Å²) >= 11 is 0. The largest absolute Gasteiger partial charge is 0.380 e. The smallest absolute Gasteiger partial charge is 0.0855 e. The van der Waals surface area contributed by atoms with E-state index in [4.69, 9.17) is 44.3 Å². The highest BCUT2D eigenvalue weighted by Crippen LogP contribution is 2.20. The van der Waals surface area contributed by atoms with Gasteiger partial charge in [-0.1, -0.05) is 379 Å². The molecule has 0 radical (unpaired) electrons. The van der Waals surface area contributed by atoms with E-state index >= 15 is 0 Å². The number of ether oxygens (including phenoxy) is 6. The van der Waals surface area contributed by atoms with E-state index in [9.17, 15) is 0 Å². The van der Waals surface area contributed by atoms with Crippen molar-refractivity contribution in [3.63, 3.8) is 0 Å². The third-order valence-corrected chi connectivity index (χ3v) is 19.4. The lowest BCUT2D eigenvalue weighted by atomic mass is 10.0. The second-order valence-electron chi connectivity index (χ2n) is 28.6. The predicted molar refractivity (Wildman–Crippen MR) is 419 cm³/mol. The Bertz CT molecular complexity index is 2220. The van der Waals surface area contributed by atoms with Crippen LogP contribution in [0.4, 0.5) is 0 Å². The molecule has 0 aliphatic rings. The molecule has 0 bridgehead atoms. The Morgan fingerprint density at radius 3 is 0.970 bits per heavy atom. The van der Waals surface area contributed by atoms with Gasteiger partial charge in [0.05, 0.1) is 70.5 Å². The van der Waals surface area contributed by atoms with Crippen molar-refractivity contribution >= 4 is 0 Å². The SMILES string of the molecule is CCCCCCCCCCCCCCCCCCOCC(N)C(CCCOCc1ccccc1)OCc1ccccc1.CCCCCCCCCCCCCCCCCCOCC(NCCCCCCCCCCCCOOOOO)C(CCCOCc1ccccc1)OCc1ccccc1. The zero-order valence-electron chi connectivity index (χ0n) is 64.5. The Labute approximate surface area is 618 Å². The molecule has 4 aromatic carbocycles. The van der Waals surface area contributed by atoms with Crippen molar-refractivity contribution in [2.75, 3.05) is 52.8 Å². The first-order valence-corrected chi connectivity index (χ1v) is 41.6. The third-order valence-electron chi connectivity index (χ3n) is 19.4. The molecule has 0 aromatic heterocycles.